The summed E-state index contributed by atoms with van der Waals surface area (Å²) in [5, 5.41) is 10.3. The van der Waals surface area contributed by atoms with Crippen molar-refractivity contribution in [3.8, 4) is 0 Å². The number of aliphatic hydroxyl groups excluding tert-OH is 1. The third kappa shape index (κ3) is 3.50. The van der Waals surface area contributed by atoms with Crippen LogP contribution in [-0.4, -0.2) is 48.6 Å². The van der Waals surface area contributed by atoms with E-state index in [2.05, 4.69) is 44.7 Å². The van der Waals surface area contributed by atoms with Crippen LogP contribution in [0.1, 0.15) is 79.6 Å². The van der Waals surface area contributed by atoms with Crippen LogP contribution in [0.2, 0.25) is 0 Å². The Morgan fingerprint density at radius 2 is 1.72 bits per heavy atom. The molecule has 4 nitrogen and oxygen atoms in total. The molecule has 0 spiro atoms. The van der Waals surface area contributed by atoms with Gasteiger partial charge in [0, 0.05) is 30.6 Å². The van der Waals surface area contributed by atoms with Crippen molar-refractivity contribution in [2.24, 2.45) is 33.5 Å². The number of carbonyl (C=O) groups is 1. The van der Waals surface area contributed by atoms with Crippen LogP contribution in [0.5, 0.6) is 0 Å². The van der Waals surface area contributed by atoms with Gasteiger partial charge in [-0.25, -0.2) is 0 Å². The normalized spacial score (nSPS) is 45.0. The number of nitrogens with zero attached hydrogens (tertiary/aromatic N) is 1. The second-order valence-electron chi connectivity index (χ2n) is 14.1. The van der Waals surface area contributed by atoms with E-state index in [-0.39, 0.29) is 22.4 Å². The van der Waals surface area contributed by atoms with Crippen LogP contribution < -0.4 is 0 Å². The molecule has 196 valence electrons. The Kier molecular flexibility index (Phi) is 5.60. The first kappa shape index (κ1) is 24.7. The van der Waals surface area contributed by atoms with E-state index in [9.17, 15) is 9.90 Å². The Morgan fingerprint density at radius 3 is 2.47 bits per heavy atom. The van der Waals surface area contributed by atoms with Gasteiger partial charge in [0.1, 0.15) is 0 Å². The van der Waals surface area contributed by atoms with Gasteiger partial charge in [-0.1, -0.05) is 45.4 Å². The van der Waals surface area contributed by atoms with Crippen LogP contribution in [0, 0.1) is 33.5 Å². The van der Waals surface area contributed by atoms with Gasteiger partial charge in [-0.05, 0) is 97.2 Å². The van der Waals surface area contributed by atoms with Crippen LogP contribution in [0.25, 0.3) is 0 Å². The van der Waals surface area contributed by atoms with Crippen molar-refractivity contribution in [1.82, 2.24) is 4.90 Å². The Morgan fingerprint density at radius 1 is 1.00 bits per heavy atom. The smallest absolute Gasteiger partial charge is 0.220 e. The van der Waals surface area contributed by atoms with E-state index < -0.39 is 0 Å². The van der Waals surface area contributed by atoms with E-state index in [1.807, 2.05) is 6.92 Å². The number of fused-ring (bicyclic) bond motifs is 7. The Bertz CT molecular complexity index is 1110. The zero-order valence-corrected chi connectivity index (χ0v) is 23.1. The molecule has 0 aromatic heterocycles. The number of hydrogen-bond donors (Lipinski definition) is 1. The van der Waals surface area contributed by atoms with Crippen molar-refractivity contribution in [2.75, 3.05) is 32.8 Å². The lowest BCUT2D eigenvalue weighted by molar-refractivity contribution is -0.114. The molecule has 4 fully saturated rings. The first-order valence-corrected chi connectivity index (χ1v) is 14.4. The molecule has 1 aliphatic heterocycles. The number of morpholine rings is 1. The highest BCUT2D eigenvalue weighted by molar-refractivity contribution is 6.06. The Balaban J connectivity index is 1.34. The maximum absolute atomic E-state index is 12.7. The van der Waals surface area contributed by atoms with Crippen molar-refractivity contribution < 1.29 is 14.6 Å². The summed E-state index contributed by atoms with van der Waals surface area (Å²) in [4.78, 5) is 15.3. The maximum atomic E-state index is 12.7. The van der Waals surface area contributed by atoms with Gasteiger partial charge >= 0.3 is 0 Å². The molecule has 0 bridgehead atoms. The average molecular weight is 492 g/mol. The fourth-order valence-electron chi connectivity index (χ4n) is 9.55. The SMILES string of the molecule is CC1=C(O)C(=O)C=C2C1=CC=C1C2(C)CCC2C3CC(C)(CN4CCOCC4)CCC3(C)CCC12C. The molecule has 4 heteroatoms. The van der Waals surface area contributed by atoms with Crippen molar-refractivity contribution in [2.45, 2.75) is 79.6 Å². The molecule has 0 amide bonds. The molecule has 6 atom stereocenters. The lowest BCUT2D eigenvalue weighted by Gasteiger charge is -2.65. The highest BCUT2D eigenvalue weighted by Crippen LogP contribution is 2.70. The van der Waals surface area contributed by atoms with E-state index in [4.69, 9.17) is 4.74 Å². The topological polar surface area (TPSA) is 49.8 Å². The van der Waals surface area contributed by atoms with E-state index in [0.29, 0.717) is 16.7 Å². The molecule has 36 heavy (non-hydrogen) atoms. The van der Waals surface area contributed by atoms with E-state index >= 15 is 0 Å². The summed E-state index contributed by atoms with van der Waals surface area (Å²) >= 11 is 0. The van der Waals surface area contributed by atoms with Gasteiger partial charge in [0.05, 0.1) is 13.2 Å². The minimum absolute atomic E-state index is 0.0828. The van der Waals surface area contributed by atoms with E-state index in [1.165, 1.54) is 45.1 Å². The third-order valence-corrected chi connectivity index (χ3v) is 11.9. The first-order valence-electron chi connectivity index (χ1n) is 14.4. The first-order chi connectivity index (χ1) is 17.0. The average Bonchev–Trinajstić information content (AvgIpc) is 2.84. The molecule has 1 N–H and O–H groups in total. The fourth-order valence-corrected chi connectivity index (χ4v) is 9.55. The summed E-state index contributed by atoms with van der Waals surface area (Å²) < 4.78 is 5.63. The number of aliphatic hydroxyl groups is 1. The molecule has 0 aromatic carbocycles. The standard InChI is InChI=1S/C32H45NO3/c1-21-22-6-7-27-31(4,24(22)18-26(34)28(21)35)9-8-23-25-19-29(2,20-33-14-16-36-17-15-33)10-11-30(25,3)12-13-32(23,27)5/h6-7,18,23,25,35H,8-17,19-20H2,1-5H3. The van der Waals surface area contributed by atoms with Crippen molar-refractivity contribution in [3.05, 3.63) is 46.3 Å². The van der Waals surface area contributed by atoms with Crippen molar-refractivity contribution in [3.63, 3.8) is 0 Å². The van der Waals surface area contributed by atoms with Gasteiger partial charge in [-0.15, -0.1) is 0 Å². The maximum Gasteiger partial charge on any atom is 0.220 e. The number of hydrogen-bond acceptors (Lipinski definition) is 4. The van der Waals surface area contributed by atoms with Gasteiger partial charge in [-0.2, -0.15) is 0 Å². The van der Waals surface area contributed by atoms with Gasteiger partial charge in [0.25, 0.3) is 0 Å². The van der Waals surface area contributed by atoms with Gasteiger partial charge in [0.15, 0.2) is 5.76 Å². The lowest BCUT2D eigenvalue weighted by atomic mass is 9.39. The summed E-state index contributed by atoms with van der Waals surface area (Å²) in [7, 11) is 0. The molecule has 5 aliphatic carbocycles. The lowest BCUT2D eigenvalue weighted by Crippen LogP contribution is -2.57. The van der Waals surface area contributed by atoms with E-state index in [1.54, 1.807) is 11.6 Å². The van der Waals surface area contributed by atoms with Gasteiger partial charge in [0.2, 0.25) is 5.78 Å². The van der Waals surface area contributed by atoms with Gasteiger partial charge in [-0.3, -0.25) is 9.69 Å². The Hall–Kier alpha value is -1.65. The summed E-state index contributed by atoms with van der Waals surface area (Å²) in [5.41, 5.74) is 5.38. The molecule has 6 unspecified atom stereocenters. The third-order valence-electron chi connectivity index (χ3n) is 11.9. The minimum Gasteiger partial charge on any atom is -0.504 e. The van der Waals surface area contributed by atoms with Crippen LogP contribution in [0.3, 0.4) is 0 Å². The summed E-state index contributed by atoms with van der Waals surface area (Å²) in [6.07, 6.45) is 15.3. The number of carbonyl (C=O) groups excluding carboxylic acids is 1. The molecule has 1 heterocycles. The molecular weight excluding hydrogens is 446 g/mol. The molecule has 0 radical (unpaired) electrons. The van der Waals surface area contributed by atoms with E-state index in [0.717, 1.165) is 55.4 Å². The van der Waals surface area contributed by atoms with Crippen molar-refractivity contribution in [1.29, 1.82) is 0 Å². The van der Waals surface area contributed by atoms with Crippen LogP contribution in [-0.2, 0) is 9.53 Å². The van der Waals surface area contributed by atoms with Crippen LogP contribution in [0.15, 0.2) is 46.3 Å². The largest absolute Gasteiger partial charge is 0.504 e. The quantitative estimate of drug-likeness (QED) is 0.475. The Labute approximate surface area is 217 Å². The summed E-state index contributed by atoms with van der Waals surface area (Å²) in [6.45, 7) is 17.1. The molecule has 6 rings (SSSR count). The zero-order chi connectivity index (χ0) is 25.5. The highest BCUT2D eigenvalue weighted by atomic mass is 16.5. The minimum atomic E-state index is -0.225. The fraction of sp³-hybridized carbons (Fsp3) is 0.719. The summed E-state index contributed by atoms with van der Waals surface area (Å²) in [6, 6.07) is 0. The van der Waals surface area contributed by atoms with Crippen LogP contribution >= 0.6 is 0 Å². The predicted molar refractivity (Wildman–Crippen MR) is 144 cm³/mol. The predicted octanol–water partition coefficient (Wildman–Crippen LogP) is 6.56. The number of allylic oxidation sites excluding steroid dienone is 7. The number of ketones is 1. The monoisotopic (exact) mass is 491 g/mol. The molecule has 0 aromatic rings. The molecule has 3 saturated carbocycles. The number of rotatable bonds is 2. The number of ether oxygens (including phenoxy) is 1. The second kappa shape index (κ2) is 8.17. The summed E-state index contributed by atoms with van der Waals surface area (Å²) in [5.74, 6) is 1.14. The molecule has 1 saturated heterocycles. The second-order valence-corrected chi connectivity index (χ2v) is 14.1. The zero-order valence-electron chi connectivity index (χ0n) is 23.1. The van der Waals surface area contributed by atoms with Gasteiger partial charge < -0.3 is 9.84 Å². The molecule has 6 aliphatic rings. The highest BCUT2D eigenvalue weighted by Gasteiger charge is 2.61. The van der Waals surface area contributed by atoms with Crippen LogP contribution in [0.4, 0.5) is 0 Å². The molecular formula is C32H45NO3. The van der Waals surface area contributed by atoms with Crippen molar-refractivity contribution >= 4 is 5.78 Å².